The first kappa shape index (κ1) is 20.9. The summed E-state index contributed by atoms with van der Waals surface area (Å²) in [7, 11) is 0. The summed E-state index contributed by atoms with van der Waals surface area (Å²) in [5.74, 6) is 0.835. The number of nitrogens with zero attached hydrogens (tertiary/aromatic N) is 2. The van der Waals surface area contributed by atoms with E-state index >= 15 is 0 Å². The zero-order chi connectivity index (χ0) is 21.4. The van der Waals surface area contributed by atoms with E-state index in [1.54, 1.807) is 23.1 Å². The molecule has 5 nitrogen and oxygen atoms in total. The Bertz CT molecular complexity index is 1060. The van der Waals surface area contributed by atoms with E-state index in [4.69, 9.17) is 0 Å². The number of fused-ring (bicyclic) bond motifs is 3. The first-order valence-electron chi connectivity index (χ1n) is 11.2. The first-order chi connectivity index (χ1) is 15.1. The van der Waals surface area contributed by atoms with Gasteiger partial charge < -0.3 is 14.8 Å². The molecule has 2 aromatic heterocycles. The van der Waals surface area contributed by atoms with Gasteiger partial charge in [0, 0.05) is 16.7 Å². The molecule has 5 rings (SSSR count). The largest absolute Gasteiger partial charge is 0.351 e. The number of thioether (sulfide) groups is 1. The topological polar surface area (TPSA) is 54.3 Å². The van der Waals surface area contributed by atoms with E-state index in [0.717, 1.165) is 46.6 Å². The summed E-state index contributed by atoms with van der Waals surface area (Å²) < 4.78 is 3.16. The van der Waals surface area contributed by atoms with Gasteiger partial charge in [-0.1, -0.05) is 43.9 Å². The molecule has 2 aromatic rings. The molecule has 0 radical (unpaired) electrons. The minimum absolute atomic E-state index is 0.0209. The second-order valence-corrected chi connectivity index (χ2v) is 11.1. The molecule has 0 saturated heterocycles. The maximum atomic E-state index is 13.7. The Hall–Kier alpha value is -1.99. The summed E-state index contributed by atoms with van der Waals surface area (Å²) in [6.45, 7) is 2.91. The molecule has 0 bridgehead atoms. The van der Waals surface area contributed by atoms with Crippen LogP contribution in [0.25, 0.3) is 10.2 Å². The monoisotopic (exact) mass is 455 g/mol. The Labute approximate surface area is 191 Å². The van der Waals surface area contributed by atoms with E-state index < -0.39 is 5.54 Å². The summed E-state index contributed by atoms with van der Waals surface area (Å²) in [4.78, 5) is 30.4. The van der Waals surface area contributed by atoms with Gasteiger partial charge in [0.05, 0.1) is 23.3 Å². The molecule has 1 N–H and O–H groups in total. The van der Waals surface area contributed by atoms with Crippen molar-refractivity contribution in [3.8, 4) is 0 Å². The Kier molecular flexibility index (Phi) is 5.73. The second-order valence-electron chi connectivity index (χ2n) is 8.99. The number of carbonyl (C=O) groups is 2. The molecule has 2 aliphatic heterocycles. The molecule has 4 heterocycles. The number of nitrogens with one attached hydrogen (secondary N) is 1. The summed E-state index contributed by atoms with van der Waals surface area (Å²) in [5.41, 5.74) is 0.821. The van der Waals surface area contributed by atoms with Gasteiger partial charge in [0.25, 0.3) is 5.91 Å². The quantitative estimate of drug-likeness (QED) is 0.664. The molecular weight excluding hydrogens is 426 g/mol. The zero-order valence-corrected chi connectivity index (χ0v) is 19.6. The highest BCUT2D eigenvalue weighted by Crippen LogP contribution is 2.36. The summed E-state index contributed by atoms with van der Waals surface area (Å²) in [5, 5.41) is 5.39. The van der Waals surface area contributed by atoms with Crippen molar-refractivity contribution >= 4 is 45.1 Å². The average Bonchev–Trinajstić information content (AvgIpc) is 3.26. The van der Waals surface area contributed by atoms with Gasteiger partial charge in [-0.2, -0.15) is 0 Å². The maximum Gasteiger partial charge on any atom is 0.271 e. The Morgan fingerprint density at radius 3 is 2.81 bits per heavy atom. The minimum Gasteiger partial charge on any atom is -0.351 e. The number of amides is 2. The van der Waals surface area contributed by atoms with Crippen molar-refractivity contribution in [2.24, 2.45) is 0 Å². The van der Waals surface area contributed by atoms with Gasteiger partial charge in [-0.15, -0.1) is 23.1 Å². The van der Waals surface area contributed by atoms with Crippen molar-refractivity contribution in [2.45, 2.75) is 63.6 Å². The number of rotatable bonds is 4. The van der Waals surface area contributed by atoms with Gasteiger partial charge in [-0.3, -0.25) is 9.59 Å². The van der Waals surface area contributed by atoms with Crippen LogP contribution >= 0.6 is 23.1 Å². The van der Waals surface area contributed by atoms with Crippen LogP contribution in [0.15, 0.2) is 40.6 Å². The molecular formula is C24H29N3O2S2. The van der Waals surface area contributed by atoms with Crippen LogP contribution in [0.5, 0.6) is 0 Å². The number of thiophene rings is 1. The minimum atomic E-state index is -0.924. The number of hydrogen-bond acceptors (Lipinski definition) is 4. The highest BCUT2D eigenvalue weighted by molar-refractivity contribution is 8.03. The predicted octanol–water partition coefficient (Wildman–Crippen LogP) is 4.94. The van der Waals surface area contributed by atoms with Crippen LogP contribution in [0.1, 0.15) is 55.9 Å². The van der Waals surface area contributed by atoms with E-state index in [1.807, 2.05) is 29.3 Å². The smallest absolute Gasteiger partial charge is 0.271 e. The Balaban J connectivity index is 1.50. The fourth-order valence-corrected chi connectivity index (χ4v) is 6.61. The van der Waals surface area contributed by atoms with Gasteiger partial charge in [0.15, 0.2) is 0 Å². The van der Waals surface area contributed by atoms with Crippen molar-refractivity contribution in [1.82, 2.24) is 14.8 Å². The van der Waals surface area contributed by atoms with Gasteiger partial charge in [0.2, 0.25) is 5.91 Å². The third kappa shape index (κ3) is 3.87. The normalized spacial score (nSPS) is 24.7. The van der Waals surface area contributed by atoms with Crippen LogP contribution in [0.4, 0.5) is 0 Å². The molecule has 1 aliphatic carbocycles. The third-order valence-electron chi connectivity index (χ3n) is 6.83. The van der Waals surface area contributed by atoms with E-state index in [1.165, 1.54) is 12.8 Å². The number of allylic oxidation sites excluding steroid dienone is 2. The fraction of sp³-hybridized carbons (Fsp3) is 0.500. The average molecular weight is 456 g/mol. The van der Waals surface area contributed by atoms with E-state index in [2.05, 4.69) is 28.1 Å². The molecule has 2 amide bonds. The van der Waals surface area contributed by atoms with Gasteiger partial charge in [-0.05, 0) is 37.3 Å². The van der Waals surface area contributed by atoms with Crippen LogP contribution in [-0.2, 0) is 11.3 Å². The predicted molar refractivity (Wildman–Crippen MR) is 129 cm³/mol. The number of aromatic nitrogens is 1. The van der Waals surface area contributed by atoms with Crippen LogP contribution in [-0.4, -0.2) is 45.2 Å². The fourth-order valence-electron chi connectivity index (χ4n) is 4.97. The first-order valence-corrected chi connectivity index (χ1v) is 13.1. The molecule has 164 valence electrons. The van der Waals surface area contributed by atoms with Crippen molar-refractivity contribution in [3.05, 3.63) is 46.3 Å². The summed E-state index contributed by atoms with van der Waals surface area (Å²) in [6.07, 6.45) is 13.1. The van der Waals surface area contributed by atoms with Crippen LogP contribution < -0.4 is 5.32 Å². The highest BCUT2D eigenvalue weighted by atomic mass is 32.2. The van der Waals surface area contributed by atoms with Gasteiger partial charge in [-0.25, -0.2) is 0 Å². The maximum absolute atomic E-state index is 13.7. The molecule has 0 aromatic carbocycles. The number of hydrogen-bond donors (Lipinski definition) is 1. The van der Waals surface area contributed by atoms with Crippen LogP contribution in [0, 0.1) is 0 Å². The lowest BCUT2D eigenvalue weighted by molar-refractivity contribution is -0.133. The van der Waals surface area contributed by atoms with Crippen molar-refractivity contribution in [2.75, 3.05) is 12.3 Å². The van der Waals surface area contributed by atoms with Crippen molar-refractivity contribution in [1.29, 1.82) is 0 Å². The second kappa shape index (κ2) is 8.51. The molecule has 1 unspecified atom stereocenters. The molecule has 1 saturated carbocycles. The molecule has 0 spiro atoms. The lowest BCUT2D eigenvalue weighted by atomic mass is 9.93. The summed E-state index contributed by atoms with van der Waals surface area (Å²) >= 11 is 3.38. The Morgan fingerprint density at radius 2 is 2.06 bits per heavy atom. The van der Waals surface area contributed by atoms with Crippen LogP contribution in [0.2, 0.25) is 0 Å². The van der Waals surface area contributed by atoms with E-state index in [0.29, 0.717) is 18.8 Å². The van der Waals surface area contributed by atoms with Crippen LogP contribution in [0.3, 0.4) is 0 Å². The third-order valence-corrected chi connectivity index (χ3v) is 8.67. The molecule has 3 aliphatic rings. The van der Waals surface area contributed by atoms with Crippen molar-refractivity contribution in [3.63, 3.8) is 0 Å². The number of carbonyl (C=O) groups excluding carboxylic acids is 2. The Morgan fingerprint density at radius 1 is 1.26 bits per heavy atom. The van der Waals surface area contributed by atoms with E-state index in [9.17, 15) is 9.59 Å². The van der Waals surface area contributed by atoms with Gasteiger partial charge >= 0.3 is 0 Å². The zero-order valence-electron chi connectivity index (χ0n) is 17.9. The lowest BCUT2D eigenvalue weighted by Crippen LogP contribution is -2.65. The SMILES string of the molecule is CC1(C(=O)NC2CCCCCC2)Cn2c(cc3sccc32)C(=O)N1CC1=CC=CCS1. The molecule has 1 atom stereocenters. The standard InChI is InChI=1S/C24H29N3O2S2/c1-24(23(29)25-17-8-4-2-3-5-9-17)16-26-19-11-13-31-21(19)14-20(26)22(28)27(24)15-18-10-6-7-12-30-18/h6-7,10-11,13-14,17H,2-5,8-9,12,15-16H2,1H3,(H,25,29). The van der Waals surface area contributed by atoms with Crippen molar-refractivity contribution < 1.29 is 9.59 Å². The van der Waals surface area contributed by atoms with Gasteiger partial charge in [0.1, 0.15) is 11.2 Å². The lowest BCUT2D eigenvalue weighted by Gasteiger charge is -2.45. The molecule has 1 fully saturated rings. The molecule has 31 heavy (non-hydrogen) atoms. The highest BCUT2D eigenvalue weighted by Gasteiger charge is 2.48. The summed E-state index contributed by atoms with van der Waals surface area (Å²) in [6, 6.07) is 4.25. The molecule has 7 heteroatoms. The van der Waals surface area contributed by atoms with E-state index in [-0.39, 0.29) is 17.9 Å².